The Kier molecular flexibility index (Phi) is 6.59. The fourth-order valence-corrected chi connectivity index (χ4v) is 9.19. The van der Waals surface area contributed by atoms with Gasteiger partial charge < -0.3 is 5.11 Å². The van der Waals surface area contributed by atoms with E-state index in [1.807, 2.05) is 11.1 Å². The normalized spacial score (nSPS) is 44.2. The van der Waals surface area contributed by atoms with E-state index in [1.54, 1.807) is 5.57 Å². The second-order valence-corrected chi connectivity index (χ2v) is 12.8. The molecule has 0 saturated heterocycles. The molecule has 31 heavy (non-hydrogen) atoms. The van der Waals surface area contributed by atoms with Crippen LogP contribution in [0.2, 0.25) is 0 Å². The van der Waals surface area contributed by atoms with Crippen molar-refractivity contribution >= 4 is 0 Å². The second-order valence-electron chi connectivity index (χ2n) is 12.8. The van der Waals surface area contributed by atoms with Gasteiger partial charge in [0.1, 0.15) is 0 Å². The SMILES string of the molecule is CC/C(=C/C[C@@H](C)[C@H]1CCC2=C3CC[C@H]4[C@H](C)[C@@H](O)CC[C@]4(C)[C@H]3CC[C@@]21C)C(C)C. The Morgan fingerprint density at radius 3 is 2.48 bits per heavy atom. The van der Waals surface area contributed by atoms with Gasteiger partial charge in [0, 0.05) is 0 Å². The number of rotatable bonds is 5. The first kappa shape index (κ1) is 23.6. The second kappa shape index (κ2) is 8.66. The molecule has 0 unspecified atom stereocenters. The molecule has 1 heteroatoms. The predicted molar refractivity (Wildman–Crippen MR) is 133 cm³/mol. The van der Waals surface area contributed by atoms with Crippen molar-refractivity contribution in [2.24, 2.45) is 46.3 Å². The number of allylic oxidation sites excluding steroid dienone is 4. The third kappa shape index (κ3) is 3.79. The monoisotopic (exact) mass is 426 g/mol. The van der Waals surface area contributed by atoms with Gasteiger partial charge in [0.25, 0.3) is 0 Å². The molecule has 8 atom stereocenters. The van der Waals surface area contributed by atoms with Gasteiger partial charge in [-0.15, -0.1) is 0 Å². The molecule has 4 aliphatic rings. The number of hydrogen-bond acceptors (Lipinski definition) is 1. The lowest BCUT2D eigenvalue weighted by atomic mass is 9.47. The van der Waals surface area contributed by atoms with Crippen LogP contribution in [0.4, 0.5) is 0 Å². The third-order valence-corrected chi connectivity index (χ3v) is 11.2. The van der Waals surface area contributed by atoms with E-state index in [0.29, 0.717) is 22.7 Å². The highest BCUT2D eigenvalue weighted by Crippen LogP contribution is 2.66. The molecule has 0 radical (unpaired) electrons. The smallest absolute Gasteiger partial charge is 0.0568 e. The van der Waals surface area contributed by atoms with E-state index in [4.69, 9.17) is 0 Å². The topological polar surface area (TPSA) is 20.2 Å². The van der Waals surface area contributed by atoms with Crippen LogP contribution < -0.4 is 0 Å². The maximum atomic E-state index is 10.5. The lowest BCUT2D eigenvalue weighted by Gasteiger charge is -2.58. The Bertz CT molecular complexity index is 729. The number of fused-ring (bicyclic) bond motifs is 4. The molecule has 0 aromatic rings. The standard InChI is InChI=1S/C30H50O/c1-8-22(19(2)3)10-9-20(4)24-13-14-26-23-11-12-25-21(5)28(31)16-18-30(25,7)27(23)15-17-29(24,26)6/h10,19-21,24-25,27-28,31H,8-9,11-18H2,1-7H3/b22-10-/t20-,21+,24-,25+,27+,28+,29-,30+/m1/s1. The van der Waals surface area contributed by atoms with E-state index >= 15 is 0 Å². The minimum atomic E-state index is -0.0650. The van der Waals surface area contributed by atoms with Crippen LogP contribution in [0.15, 0.2) is 22.8 Å². The molecular weight excluding hydrogens is 376 g/mol. The van der Waals surface area contributed by atoms with Gasteiger partial charge in [-0.3, -0.25) is 0 Å². The molecule has 0 aliphatic heterocycles. The van der Waals surface area contributed by atoms with E-state index < -0.39 is 0 Å². The number of aliphatic hydroxyl groups is 1. The van der Waals surface area contributed by atoms with Crippen LogP contribution in [-0.4, -0.2) is 11.2 Å². The van der Waals surface area contributed by atoms with Gasteiger partial charge in [0.15, 0.2) is 0 Å². The largest absolute Gasteiger partial charge is 0.393 e. The van der Waals surface area contributed by atoms with Gasteiger partial charge in [0.05, 0.1) is 6.10 Å². The molecule has 0 bridgehead atoms. The van der Waals surface area contributed by atoms with Crippen molar-refractivity contribution in [3.05, 3.63) is 22.8 Å². The molecule has 0 heterocycles. The minimum Gasteiger partial charge on any atom is -0.393 e. The first-order valence-electron chi connectivity index (χ1n) is 13.7. The molecule has 3 fully saturated rings. The maximum absolute atomic E-state index is 10.5. The Labute approximate surface area is 193 Å². The van der Waals surface area contributed by atoms with Crippen LogP contribution in [-0.2, 0) is 0 Å². The summed E-state index contributed by atoms with van der Waals surface area (Å²) in [5.41, 5.74) is 6.34. The molecule has 4 rings (SSSR count). The van der Waals surface area contributed by atoms with Crippen LogP contribution in [0.1, 0.15) is 113 Å². The van der Waals surface area contributed by atoms with Crippen LogP contribution in [0.5, 0.6) is 0 Å². The van der Waals surface area contributed by atoms with E-state index in [-0.39, 0.29) is 6.10 Å². The van der Waals surface area contributed by atoms with E-state index in [2.05, 4.69) is 54.5 Å². The first-order chi connectivity index (χ1) is 14.6. The first-order valence-corrected chi connectivity index (χ1v) is 13.7. The van der Waals surface area contributed by atoms with Crippen LogP contribution >= 0.6 is 0 Å². The average Bonchev–Trinajstić information content (AvgIpc) is 3.08. The molecule has 3 saturated carbocycles. The van der Waals surface area contributed by atoms with Gasteiger partial charge in [-0.2, -0.15) is 0 Å². The molecule has 1 N–H and O–H groups in total. The zero-order valence-corrected chi connectivity index (χ0v) is 21.6. The predicted octanol–water partition coefficient (Wildman–Crippen LogP) is 8.34. The zero-order valence-electron chi connectivity index (χ0n) is 21.6. The molecule has 4 aliphatic carbocycles. The van der Waals surface area contributed by atoms with Gasteiger partial charge in [-0.1, -0.05) is 71.3 Å². The molecule has 176 valence electrons. The number of hydrogen-bond donors (Lipinski definition) is 1. The van der Waals surface area contributed by atoms with Crippen molar-refractivity contribution in [1.29, 1.82) is 0 Å². The van der Waals surface area contributed by atoms with Gasteiger partial charge in [0.2, 0.25) is 0 Å². The fraction of sp³-hybridized carbons (Fsp3) is 0.867. The summed E-state index contributed by atoms with van der Waals surface area (Å²) in [4.78, 5) is 0. The Balaban J connectivity index is 1.57. The van der Waals surface area contributed by atoms with Crippen molar-refractivity contribution in [1.82, 2.24) is 0 Å². The fourth-order valence-electron chi connectivity index (χ4n) is 9.19. The third-order valence-electron chi connectivity index (χ3n) is 11.2. The highest BCUT2D eigenvalue weighted by Gasteiger charge is 2.56. The molecule has 1 nitrogen and oxygen atoms in total. The molecule has 0 amide bonds. The van der Waals surface area contributed by atoms with Crippen LogP contribution in [0.25, 0.3) is 0 Å². The van der Waals surface area contributed by atoms with Crippen molar-refractivity contribution in [2.75, 3.05) is 0 Å². The Hall–Kier alpha value is -0.560. The summed E-state index contributed by atoms with van der Waals surface area (Å²) >= 11 is 0. The van der Waals surface area contributed by atoms with Crippen LogP contribution in [0.3, 0.4) is 0 Å². The lowest BCUT2D eigenvalue weighted by molar-refractivity contribution is -0.0778. The summed E-state index contributed by atoms with van der Waals surface area (Å²) in [6, 6.07) is 0. The quantitative estimate of drug-likeness (QED) is 0.438. The number of aliphatic hydroxyl groups excluding tert-OH is 1. The maximum Gasteiger partial charge on any atom is 0.0568 e. The van der Waals surface area contributed by atoms with Crippen molar-refractivity contribution in [3.8, 4) is 0 Å². The molecule has 0 aromatic carbocycles. The van der Waals surface area contributed by atoms with Crippen molar-refractivity contribution in [3.63, 3.8) is 0 Å². The lowest BCUT2D eigenvalue weighted by Crippen LogP contribution is -2.51. The van der Waals surface area contributed by atoms with Gasteiger partial charge >= 0.3 is 0 Å². The van der Waals surface area contributed by atoms with Crippen LogP contribution in [0, 0.1) is 46.3 Å². The molecular formula is C30H50O. The summed E-state index contributed by atoms with van der Waals surface area (Å²) in [5.74, 6) is 4.34. The van der Waals surface area contributed by atoms with Crippen molar-refractivity contribution < 1.29 is 5.11 Å². The van der Waals surface area contributed by atoms with Gasteiger partial charge in [-0.05, 0) is 111 Å². The minimum absolute atomic E-state index is 0.0650. The van der Waals surface area contributed by atoms with E-state index in [9.17, 15) is 5.11 Å². The highest BCUT2D eigenvalue weighted by molar-refractivity contribution is 5.35. The summed E-state index contributed by atoms with van der Waals surface area (Å²) in [6.45, 7) is 17.1. The zero-order chi connectivity index (χ0) is 22.6. The molecule has 0 spiro atoms. The summed E-state index contributed by atoms with van der Waals surface area (Å²) in [6.07, 6.45) is 15.5. The molecule has 0 aromatic heterocycles. The Morgan fingerprint density at radius 2 is 1.81 bits per heavy atom. The highest BCUT2D eigenvalue weighted by atomic mass is 16.3. The average molecular weight is 427 g/mol. The summed E-state index contributed by atoms with van der Waals surface area (Å²) in [5, 5.41) is 10.5. The van der Waals surface area contributed by atoms with E-state index in [1.165, 1.54) is 57.8 Å². The Morgan fingerprint density at radius 1 is 1.06 bits per heavy atom. The van der Waals surface area contributed by atoms with Gasteiger partial charge in [-0.25, -0.2) is 0 Å². The summed E-state index contributed by atoms with van der Waals surface area (Å²) in [7, 11) is 0. The summed E-state index contributed by atoms with van der Waals surface area (Å²) < 4.78 is 0. The van der Waals surface area contributed by atoms with E-state index in [0.717, 1.165) is 30.1 Å². The van der Waals surface area contributed by atoms with Crippen molar-refractivity contribution in [2.45, 2.75) is 119 Å².